The number of alkyl halides is 1. The maximum absolute atomic E-state index is 13.3. The van der Waals surface area contributed by atoms with E-state index < -0.39 is 17.2 Å². The Kier molecular flexibility index (Phi) is 7.74. The minimum atomic E-state index is -1.22. The first kappa shape index (κ1) is 21.4. The molecule has 1 amide bonds. The van der Waals surface area contributed by atoms with Crippen molar-refractivity contribution in [1.82, 2.24) is 10.3 Å². The first-order valence-corrected chi connectivity index (χ1v) is 11.0. The van der Waals surface area contributed by atoms with Gasteiger partial charge >= 0.3 is 0 Å². The number of hydrogen-bond donors (Lipinski definition) is 2. The summed E-state index contributed by atoms with van der Waals surface area (Å²) in [4.78, 5) is 13.7. The molecule has 0 saturated carbocycles. The zero-order chi connectivity index (χ0) is 20.6. The maximum atomic E-state index is 13.3. The summed E-state index contributed by atoms with van der Waals surface area (Å²) < 4.78 is 28.2. The number of hydrogen-bond acceptors (Lipinski definition) is 4. The summed E-state index contributed by atoms with van der Waals surface area (Å²) in [6.07, 6.45) is 0.612. The van der Waals surface area contributed by atoms with Crippen LogP contribution in [0.4, 0.5) is 10.1 Å². The van der Waals surface area contributed by atoms with E-state index in [1.165, 1.54) is 0 Å². The first-order chi connectivity index (χ1) is 14.1. The van der Waals surface area contributed by atoms with Crippen molar-refractivity contribution < 1.29 is 13.4 Å². The van der Waals surface area contributed by atoms with Gasteiger partial charge in [0.25, 0.3) is 5.91 Å². The Morgan fingerprint density at radius 1 is 1.21 bits per heavy atom. The SMILES string of the molecule is NNC(=O)c1ccc(CN(c2ccccc2)S(=O)CCCN2CCC(F)C2)cc1. The van der Waals surface area contributed by atoms with Gasteiger partial charge in [-0.15, -0.1) is 0 Å². The number of para-hydroxylation sites is 1. The van der Waals surface area contributed by atoms with Gasteiger partial charge in [-0.25, -0.2) is 14.4 Å². The second-order valence-electron chi connectivity index (χ2n) is 7.11. The number of anilines is 1. The lowest BCUT2D eigenvalue weighted by atomic mass is 10.1. The Balaban J connectivity index is 1.64. The summed E-state index contributed by atoms with van der Waals surface area (Å²) in [6, 6.07) is 16.7. The van der Waals surface area contributed by atoms with Crippen LogP contribution in [0.25, 0.3) is 0 Å². The van der Waals surface area contributed by atoms with E-state index in [1.807, 2.05) is 46.8 Å². The van der Waals surface area contributed by atoms with Gasteiger partial charge in [-0.3, -0.25) is 14.5 Å². The molecule has 1 aliphatic rings. The molecule has 2 aromatic rings. The van der Waals surface area contributed by atoms with E-state index in [2.05, 4.69) is 10.3 Å². The van der Waals surface area contributed by atoms with Gasteiger partial charge in [0.1, 0.15) is 17.2 Å². The van der Waals surface area contributed by atoms with Crippen molar-refractivity contribution in [2.75, 3.05) is 29.7 Å². The summed E-state index contributed by atoms with van der Waals surface area (Å²) in [5, 5.41) is 0. The van der Waals surface area contributed by atoms with Crippen molar-refractivity contribution >= 4 is 22.6 Å². The molecular weight excluding hydrogens is 391 g/mol. The quantitative estimate of drug-likeness (QED) is 0.372. The topological polar surface area (TPSA) is 78.7 Å². The van der Waals surface area contributed by atoms with Crippen LogP contribution in [0.1, 0.15) is 28.8 Å². The molecule has 1 heterocycles. The summed E-state index contributed by atoms with van der Waals surface area (Å²) in [5.41, 5.74) is 4.40. The molecule has 3 N–H and O–H groups in total. The molecule has 3 rings (SSSR count). The predicted molar refractivity (Wildman–Crippen MR) is 114 cm³/mol. The Hall–Kier alpha value is -2.29. The molecule has 6 nitrogen and oxygen atoms in total. The highest BCUT2D eigenvalue weighted by Gasteiger charge is 2.22. The van der Waals surface area contributed by atoms with Crippen LogP contribution in [0.3, 0.4) is 0 Å². The molecule has 0 aliphatic carbocycles. The smallest absolute Gasteiger partial charge is 0.265 e. The number of nitrogen functional groups attached to an aromatic ring is 1. The van der Waals surface area contributed by atoms with E-state index in [9.17, 15) is 13.4 Å². The second kappa shape index (κ2) is 10.5. The van der Waals surface area contributed by atoms with E-state index in [1.54, 1.807) is 12.1 Å². The predicted octanol–water partition coefficient (Wildman–Crippen LogP) is 2.39. The van der Waals surface area contributed by atoms with Crippen LogP contribution >= 0.6 is 0 Å². The fourth-order valence-corrected chi connectivity index (χ4v) is 4.64. The van der Waals surface area contributed by atoms with Gasteiger partial charge in [-0.05, 0) is 49.2 Å². The van der Waals surface area contributed by atoms with Crippen LogP contribution in [0.2, 0.25) is 0 Å². The summed E-state index contributed by atoms with van der Waals surface area (Å²) >= 11 is 0. The third kappa shape index (κ3) is 6.09. The monoisotopic (exact) mass is 418 g/mol. The minimum Gasteiger partial charge on any atom is -0.300 e. The number of carbonyl (C=O) groups is 1. The number of hydrazine groups is 1. The zero-order valence-corrected chi connectivity index (χ0v) is 17.1. The van der Waals surface area contributed by atoms with Crippen molar-refractivity contribution in [3.8, 4) is 0 Å². The van der Waals surface area contributed by atoms with E-state index in [4.69, 9.17) is 5.84 Å². The van der Waals surface area contributed by atoms with Crippen molar-refractivity contribution in [3.63, 3.8) is 0 Å². The molecule has 0 radical (unpaired) electrons. The maximum Gasteiger partial charge on any atom is 0.265 e. The average molecular weight is 419 g/mol. The van der Waals surface area contributed by atoms with E-state index in [0.717, 1.165) is 30.8 Å². The number of rotatable bonds is 9. The van der Waals surface area contributed by atoms with E-state index >= 15 is 0 Å². The molecule has 0 bridgehead atoms. The fourth-order valence-electron chi connectivity index (χ4n) is 3.40. The number of nitrogens with two attached hydrogens (primary N) is 1. The number of nitrogens with zero attached hydrogens (tertiary/aromatic N) is 2. The molecule has 1 saturated heterocycles. The van der Waals surface area contributed by atoms with Crippen molar-refractivity contribution in [3.05, 3.63) is 65.7 Å². The van der Waals surface area contributed by atoms with E-state index in [0.29, 0.717) is 30.8 Å². The van der Waals surface area contributed by atoms with Gasteiger partial charge in [-0.2, -0.15) is 0 Å². The number of nitrogens with one attached hydrogen (secondary N) is 1. The van der Waals surface area contributed by atoms with Crippen LogP contribution in [-0.2, 0) is 17.5 Å². The summed E-state index contributed by atoms with van der Waals surface area (Å²) in [5.74, 6) is 5.33. The minimum absolute atomic E-state index is 0.350. The lowest BCUT2D eigenvalue weighted by Gasteiger charge is -2.24. The molecule has 29 heavy (non-hydrogen) atoms. The molecule has 1 fully saturated rings. The zero-order valence-electron chi connectivity index (χ0n) is 16.3. The van der Waals surface area contributed by atoms with Crippen LogP contribution in [0.5, 0.6) is 0 Å². The lowest BCUT2D eigenvalue weighted by Crippen LogP contribution is -2.30. The summed E-state index contributed by atoms with van der Waals surface area (Å²) in [6.45, 7) is 2.48. The molecule has 1 aliphatic heterocycles. The third-order valence-electron chi connectivity index (χ3n) is 4.97. The second-order valence-corrected chi connectivity index (χ2v) is 8.60. The van der Waals surface area contributed by atoms with Gasteiger partial charge in [0, 0.05) is 30.1 Å². The van der Waals surface area contributed by atoms with Crippen LogP contribution in [0, 0.1) is 0 Å². The normalized spacial score (nSPS) is 17.8. The Morgan fingerprint density at radius 3 is 2.55 bits per heavy atom. The highest BCUT2D eigenvalue weighted by molar-refractivity contribution is 7.86. The Bertz CT molecular complexity index is 819. The van der Waals surface area contributed by atoms with Gasteiger partial charge in [0.2, 0.25) is 0 Å². The molecular formula is C21H27FN4O2S. The van der Waals surface area contributed by atoms with Crippen molar-refractivity contribution in [1.29, 1.82) is 0 Å². The van der Waals surface area contributed by atoms with E-state index in [-0.39, 0.29) is 5.91 Å². The number of likely N-dealkylation sites (tertiary alicyclic amines) is 1. The van der Waals surface area contributed by atoms with Crippen molar-refractivity contribution in [2.24, 2.45) is 5.84 Å². The number of carbonyl (C=O) groups excluding carboxylic acids is 1. The lowest BCUT2D eigenvalue weighted by molar-refractivity contribution is 0.0953. The van der Waals surface area contributed by atoms with Gasteiger partial charge in [0.15, 0.2) is 0 Å². The number of amides is 1. The number of benzene rings is 2. The molecule has 0 spiro atoms. The average Bonchev–Trinajstić information content (AvgIpc) is 3.17. The van der Waals surface area contributed by atoms with Gasteiger partial charge in [-0.1, -0.05) is 30.3 Å². The first-order valence-electron chi connectivity index (χ1n) is 9.74. The molecule has 8 heteroatoms. The largest absolute Gasteiger partial charge is 0.300 e. The number of halogens is 1. The highest BCUT2D eigenvalue weighted by atomic mass is 32.2. The van der Waals surface area contributed by atoms with Gasteiger partial charge < -0.3 is 4.90 Å². The third-order valence-corrected chi connectivity index (χ3v) is 6.44. The Morgan fingerprint density at radius 2 is 1.93 bits per heavy atom. The van der Waals surface area contributed by atoms with Crippen LogP contribution in [-0.4, -0.2) is 46.6 Å². The summed E-state index contributed by atoms with van der Waals surface area (Å²) in [7, 11) is -1.22. The molecule has 2 aromatic carbocycles. The van der Waals surface area contributed by atoms with Crippen molar-refractivity contribution in [2.45, 2.75) is 25.6 Å². The molecule has 2 atom stereocenters. The molecule has 156 valence electrons. The standard InChI is InChI=1S/C21H27FN4O2S/c22-19-11-13-25(16-19)12-4-14-29(28)26(20-5-2-1-3-6-20)15-17-7-9-18(10-8-17)21(27)24-23/h1-3,5-10,19H,4,11-16,23H2,(H,24,27). The Labute approximate surface area is 173 Å². The van der Waals surface area contributed by atoms with Crippen LogP contribution in [0.15, 0.2) is 54.6 Å². The molecule has 2 unspecified atom stereocenters. The highest BCUT2D eigenvalue weighted by Crippen LogP contribution is 2.20. The van der Waals surface area contributed by atoms with Crippen LogP contribution < -0.4 is 15.6 Å². The fraction of sp³-hybridized carbons (Fsp3) is 0.381. The molecule has 0 aromatic heterocycles. The van der Waals surface area contributed by atoms with Gasteiger partial charge in [0.05, 0.1) is 6.54 Å².